The fraction of sp³-hybridized carbons (Fsp3) is 0.231. The molecule has 0 bridgehead atoms. The maximum Gasteiger partial charge on any atom is 0.255 e. The molecule has 1 atom stereocenters. The quantitative estimate of drug-likeness (QED) is 0.420. The first-order valence-corrected chi connectivity index (χ1v) is 10.9. The van der Waals surface area contributed by atoms with Crippen LogP contribution in [0.1, 0.15) is 48.2 Å². The number of hydrogen-bond donors (Lipinski definition) is 2. The van der Waals surface area contributed by atoms with Crippen LogP contribution in [0.5, 0.6) is 0 Å². The fourth-order valence-electron chi connectivity index (χ4n) is 3.30. The van der Waals surface area contributed by atoms with E-state index >= 15 is 0 Å². The molecule has 166 valence electrons. The lowest BCUT2D eigenvalue weighted by atomic mass is 9.96. The zero-order chi connectivity index (χ0) is 23.3. The molecule has 0 aliphatic rings. The molecule has 0 fully saturated rings. The highest BCUT2D eigenvalue weighted by Gasteiger charge is 2.18. The van der Waals surface area contributed by atoms with E-state index in [1.165, 1.54) is 35.9 Å². The van der Waals surface area contributed by atoms with Gasteiger partial charge < -0.3 is 10.6 Å². The number of nitrogens with one attached hydrogen (secondary N) is 2. The molecule has 0 aliphatic heterocycles. The van der Waals surface area contributed by atoms with Crippen molar-refractivity contribution < 1.29 is 14.0 Å². The standard InChI is InChI=1S/C26H26ClFN2O2/c1-16(2)14-18-4-6-19(7-5-18)17(3)25(31)30-24-15-20(8-13-23(24)27)26(32)29-22-11-9-21(28)10-12-22/h4-13,15-17H,14H2,1-3H3,(H,29,32)(H,30,31). The van der Waals surface area contributed by atoms with Crippen LogP contribution < -0.4 is 10.6 Å². The molecular formula is C26H26ClFN2O2. The summed E-state index contributed by atoms with van der Waals surface area (Å²) in [5, 5.41) is 5.84. The van der Waals surface area contributed by atoms with Gasteiger partial charge in [0.2, 0.25) is 5.91 Å². The number of carbonyl (C=O) groups excluding carboxylic acids is 2. The van der Waals surface area contributed by atoms with E-state index in [-0.39, 0.29) is 11.7 Å². The first kappa shape index (κ1) is 23.5. The van der Waals surface area contributed by atoms with Gasteiger partial charge in [0.05, 0.1) is 16.6 Å². The van der Waals surface area contributed by atoms with Crippen LogP contribution in [0, 0.1) is 11.7 Å². The van der Waals surface area contributed by atoms with Crippen molar-refractivity contribution in [2.24, 2.45) is 5.92 Å². The lowest BCUT2D eigenvalue weighted by molar-refractivity contribution is -0.117. The van der Waals surface area contributed by atoms with Crippen molar-refractivity contribution in [3.63, 3.8) is 0 Å². The van der Waals surface area contributed by atoms with Gasteiger partial charge in [0.25, 0.3) is 5.91 Å². The van der Waals surface area contributed by atoms with Crippen molar-refractivity contribution in [3.05, 3.63) is 94.3 Å². The molecule has 4 nitrogen and oxygen atoms in total. The molecule has 3 aromatic carbocycles. The first-order valence-electron chi connectivity index (χ1n) is 10.5. The van der Waals surface area contributed by atoms with Crippen molar-refractivity contribution in [2.45, 2.75) is 33.1 Å². The zero-order valence-electron chi connectivity index (χ0n) is 18.3. The summed E-state index contributed by atoms with van der Waals surface area (Å²) in [5.41, 5.74) is 3.27. The van der Waals surface area contributed by atoms with E-state index < -0.39 is 11.8 Å². The minimum absolute atomic E-state index is 0.223. The molecule has 0 aliphatic carbocycles. The van der Waals surface area contributed by atoms with E-state index in [1.807, 2.05) is 31.2 Å². The average molecular weight is 453 g/mol. The van der Waals surface area contributed by atoms with E-state index in [0.29, 0.717) is 27.9 Å². The number of carbonyl (C=O) groups is 2. The summed E-state index contributed by atoms with van der Waals surface area (Å²) in [6.07, 6.45) is 0.989. The molecule has 0 heterocycles. The van der Waals surface area contributed by atoms with Gasteiger partial charge in [-0.3, -0.25) is 9.59 Å². The lowest BCUT2D eigenvalue weighted by Crippen LogP contribution is -2.20. The van der Waals surface area contributed by atoms with Gasteiger partial charge >= 0.3 is 0 Å². The molecule has 0 spiro atoms. The molecule has 6 heteroatoms. The van der Waals surface area contributed by atoms with Gasteiger partial charge in [0.1, 0.15) is 5.82 Å². The Balaban J connectivity index is 1.70. The van der Waals surface area contributed by atoms with Crippen LogP contribution in [0.2, 0.25) is 5.02 Å². The Bertz CT molecular complexity index is 1100. The van der Waals surface area contributed by atoms with Gasteiger partial charge in [-0.2, -0.15) is 0 Å². The molecule has 0 aromatic heterocycles. The van der Waals surface area contributed by atoms with E-state index in [0.717, 1.165) is 12.0 Å². The molecule has 32 heavy (non-hydrogen) atoms. The number of amides is 2. The third-order valence-electron chi connectivity index (χ3n) is 5.11. The minimum atomic E-state index is -0.393. The van der Waals surface area contributed by atoms with Crippen molar-refractivity contribution >= 4 is 34.8 Å². The summed E-state index contributed by atoms with van der Waals surface area (Å²) in [6, 6.07) is 18.2. The maximum atomic E-state index is 13.1. The Morgan fingerprint density at radius 1 is 0.906 bits per heavy atom. The van der Waals surface area contributed by atoms with Crippen molar-refractivity contribution in [1.82, 2.24) is 0 Å². The molecule has 3 aromatic rings. The van der Waals surface area contributed by atoms with Gasteiger partial charge in [-0.25, -0.2) is 4.39 Å². The smallest absolute Gasteiger partial charge is 0.255 e. The predicted molar refractivity (Wildman–Crippen MR) is 128 cm³/mol. The van der Waals surface area contributed by atoms with Crippen LogP contribution in [-0.2, 0) is 11.2 Å². The van der Waals surface area contributed by atoms with E-state index in [1.54, 1.807) is 12.1 Å². The summed E-state index contributed by atoms with van der Waals surface area (Å²) in [5.74, 6) is -0.826. The van der Waals surface area contributed by atoms with Crippen LogP contribution in [0.4, 0.5) is 15.8 Å². The largest absolute Gasteiger partial charge is 0.324 e. The second-order valence-corrected chi connectivity index (χ2v) is 8.61. The Hall–Kier alpha value is -3.18. The Labute approximate surface area is 192 Å². The van der Waals surface area contributed by atoms with E-state index in [9.17, 15) is 14.0 Å². The summed E-state index contributed by atoms with van der Waals surface area (Å²) < 4.78 is 13.1. The second-order valence-electron chi connectivity index (χ2n) is 8.21. The molecule has 2 N–H and O–H groups in total. The number of rotatable bonds is 7. The average Bonchev–Trinajstić information content (AvgIpc) is 2.76. The minimum Gasteiger partial charge on any atom is -0.324 e. The molecular weight excluding hydrogens is 427 g/mol. The van der Waals surface area contributed by atoms with Gasteiger partial charge in [0, 0.05) is 11.3 Å². The number of hydrogen-bond acceptors (Lipinski definition) is 2. The predicted octanol–water partition coefficient (Wildman–Crippen LogP) is 6.67. The summed E-state index contributed by atoms with van der Waals surface area (Å²) >= 11 is 6.25. The van der Waals surface area contributed by atoms with Crippen molar-refractivity contribution in [1.29, 1.82) is 0 Å². The third kappa shape index (κ3) is 6.17. The van der Waals surface area contributed by atoms with Crippen LogP contribution in [0.25, 0.3) is 0 Å². The molecule has 0 saturated heterocycles. The van der Waals surface area contributed by atoms with Gasteiger partial charge in [-0.1, -0.05) is 49.7 Å². The SMILES string of the molecule is CC(C)Cc1ccc(C(C)C(=O)Nc2cc(C(=O)Nc3ccc(F)cc3)ccc2Cl)cc1. The Morgan fingerprint density at radius 3 is 2.19 bits per heavy atom. The van der Waals surface area contributed by atoms with Crippen LogP contribution in [0.3, 0.4) is 0 Å². The van der Waals surface area contributed by atoms with Crippen LogP contribution in [0.15, 0.2) is 66.7 Å². The monoisotopic (exact) mass is 452 g/mol. The topological polar surface area (TPSA) is 58.2 Å². The lowest BCUT2D eigenvalue weighted by Gasteiger charge is -2.15. The second kappa shape index (κ2) is 10.4. The molecule has 3 rings (SSSR count). The molecule has 2 amide bonds. The van der Waals surface area contributed by atoms with Gasteiger partial charge in [0.15, 0.2) is 0 Å². The number of benzene rings is 3. The molecule has 0 saturated carbocycles. The number of anilines is 2. The van der Waals surface area contributed by atoms with Crippen LogP contribution >= 0.6 is 11.6 Å². The molecule has 1 unspecified atom stereocenters. The zero-order valence-corrected chi connectivity index (χ0v) is 19.0. The highest BCUT2D eigenvalue weighted by atomic mass is 35.5. The van der Waals surface area contributed by atoms with E-state index in [4.69, 9.17) is 11.6 Å². The highest BCUT2D eigenvalue weighted by molar-refractivity contribution is 6.34. The number of halogens is 2. The van der Waals surface area contributed by atoms with Gasteiger partial charge in [-0.15, -0.1) is 0 Å². The van der Waals surface area contributed by atoms with Gasteiger partial charge in [-0.05, 0) is 72.9 Å². The Kier molecular flexibility index (Phi) is 7.65. The maximum absolute atomic E-state index is 13.1. The van der Waals surface area contributed by atoms with Crippen molar-refractivity contribution in [2.75, 3.05) is 10.6 Å². The van der Waals surface area contributed by atoms with Crippen LogP contribution in [-0.4, -0.2) is 11.8 Å². The van der Waals surface area contributed by atoms with E-state index in [2.05, 4.69) is 24.5 Å². The fourth-order valence-corrected chi connectivity index (χ4v) is 3.47. The first-order chi connectivity index (χ1) is 15.2. The highest BCUT2D eigenvalue weighted by Crippen LogP contribution is 2.26. The Morgan fingerprint density at radius 2 is 1.56 bits per heavy atom. The van der Waals surface area contributed by atoms with Crippen molar-refractivity contribution in [3.8, 4) is 0 Å². The summed E-state index contributed by atoms with van der Waals surface area (Å²) in [6.45, 7) is 6.16. The molecule has 0 radical (unpaired) electrons. The normalized spacial score (nSPS) is 11.8. The third-order valence-corrected chi connectivity index (χ3v) is 5.44. The summed E-state index contributed by atoms with van der Waals surface area (Å²) in [4.78, 5) is 25.4. The summed E-state index contributed by atoms with van der Waals surface area (Å²) in [7, 11) is 0.